The topological polar surface area (TPSA) is 82.2 Å². The molecule has 0 spiro atoms. The van der Waals surface area contributed by atoms with Crippen LogP contribution in [0.1, 0.15) is 30.2 Å². The van der Waals surface area contributed by atoms with E-state index in [2.05, 4.69) is 15.0 Å². The Hall–Kier alpha value is -2.70. The second kappa shape index (κ2) is 8.12. The third-order valence-electron chi connectivity index (χ3n) is 4.84. The number of hydrogen-bond donors (Lipinski definition) is 1. The van der Waals surface area contributed by atoms with Crippen LogP contribution >= 0.6 is 0 Å². The minimum absolute atomic E-state index is 0.0911. The van der Waals surface area contributed by atoms with Crippen molar-refractivity contribution in [3.63, 3.8) is 0 Å². The van der Waals surface area contributed by atoms with Crippen LogP contribution in [0.2, 0.25) is 0 Å². The first-order valence-corrected chi connectivity index (χ1v) is 9.08. The molecule has 26 heavy (non-hydrogen) atoms. The van der Waals surface area contributed by atoms with Gasteiger partial charge < -0.3 is 9.80 Å². The summed E-state index contributed by atoms with van der Waals surface area (Å²) in [5, 5.41) is 0. The van der Waals surface area contributed by atoms with Crippen molar-refractivity contribution in [1.82, 2.24) is 19.9 Å². The maximum absolute atomic E-state index is 12.5. The Morgan fingerprint density at radius 1 is 1.27 bits per heavy atom. The van der Waals surface area contributed by atoms with Gasteiger partial charge in [0.15, 0.2) is 0 Å². The van der Waals surface area contributed by atoms with Crippen LogP contribution in [0.4, 0.5) is 5.95 Å². The number of pyridine rings is 1. The highest BCUT2D eigenvalue weighted by molar-refractivity contribution is 5.75. The van der Waals surface area contributed by atoms with Crippen molar-refractivity contribution in [2.45, 2.75) is 32.6 Å². The van der Waals surface area contributed by atoms with Crippen molar-refractivity contribution in [2.24, 2.45) is 0 Å². The van der Waals surface area contributed by atoms with Gasteiger partial charge in [-0.25, -0.2) is 4.98 Å². The first-order chi connectivity index (χ1) is 12.6. The number of aromatic amines is 1. The normalized spacial score (nSPS) is 13.8. The molecule has 0 atom stereocenters. The van der Waals surface area contributed by atoms with E-state index in [0.717, 1.165) is 18.7 Å². The van der Waals surface area contributed by atoms with Gasteiger partial charge in [-0.05, 0) is 30.5 Å². The van der Waals surface area contributed by atoms with Crippen molar-refractivity contribution < 1.29 is 4.79 Å². The van der Waals surface area contributed by atoms with Gasteiger partial charge in [-0.2, -0.15) is 0 Å². The number of amides is 1. The fourth-order valence-corrected chi connectivity index (χ4v) is 3.20. The molecule has 0 fully saturated rings. The standard InChI is InChI=1S/C19H25N5O2/c1-3-17(25)24-12-7-15-16(8-13-24)21-19(22-18(15)26)23(2)11-6-14-4-9-20-10-5-14/h4-5,9-10H,3,6-8,11-13H2,1-2H3,(H,21,22,26). The molecular weight excluding hydrogens is 330 g/mol. The number of anilines is 1. The van der Waals surface area contributed by atoms with Crippen LogP contribution in [-0.2, 0) is 24.1 Å². The van der Waals surface area contributed by atoms with Gasteiger partial charge in [0.1, 0.15) is 0 Å². The van der Waals surface area contributed by atoms with Crippen molar-refractivity contribution in [3.8, 4) is 0 Å². The molecule has 7 heteroatoms. The van der Waals surface area contributed by atoms with E-state index in [1.54, 1.807) is 12.4 Å². The zero-order chi connectivity index (χ0) is 18.5. The Kier molecular flexibility index (Phi) is 5.65. The summed E-state index contributed by atoms with van der Waals surface area (Å²) in [7, 11) is 1.93. The van der Waals surface area contributed by atoms with E-state index in [1.165, 1.54) is 5.56 Å². The number of rotatable bonds is 5. The summed E-state index contributed by atoms with van der Waals surface area (Å²) in [6.07, 6.45) is 6.07. The predicted molar refractivity (Wildman–Crippen MR) is 100 cm³/mol. The molecule has 1 aliphatic heterocycles. The Morgan fingerprint density at radius 3 is 2.73 bits per heavy atom. The zero-order valence-electron chi connectivity index (χ0n) is 15.4. The number of H-pyrrole nitrogens is 1. The predicted octanol–water partition coefficient (Wildman–Crippen LogP) is 1.18. The van der Waals surface area contributed by atoms with E-state index in [4.69, 9.17) is 0 Å². The summed E-state index contributed by atoms with van der Waals surface area (Å²) < 4.78 is 0. The summed E-state index contributed by atoms with van der Waals surface area (Å²) >= 11 is 0. The molecule has 0 saturated heterocycles. The molecule has 0 unspecified atom stereocenters. The molecule has 2 aromatic heterocycles. The monoisotopic (exact) mass is 355 g/mol. The Labute approximate surface area is 153 Å². The second-order valence-electron chi connectivity index (χ2n) is 6.58. The van der Waals surface area contributed by atoms with E-state index < -0.39 is 0 Å². The molecule has 0 aromatic carbocycles. The molecule has 1 aliphatic rings. The number of nitrogens with zero attached hydrogens (tertiary/aromatic N) is 4. The van der Waals surface area contributed by atoms with Crippen LogP contribution < -0.4 is 10.5 Å². The third-order valence-corrected chi connectivity index (χ3v) is 4.84. The van der Waals surface area contributed by atoms with Crippen molar-refractivity contribution in [3.05, 3.63) is 51.7 Å². The molecule has 0 radical (unpaired) electrons. The molecule has 1 N–H and O–H groups in total. The fraction of sp³-hybridized carbons (Fsp3) is 0.474. The molecule has 3 heterocycles. The first-order valence-electron chi connectivity index (χ1n) is 9.08. The average molecular weight is 355 g/mol. The largest absolute Gasteiger partial charge is 0.345 e. The van der Waals surface area contributed by atoms with Crippen LogP contribution in [0.5, 0.6) is 0 Å². The SMILES string of the molecule is CCC(=O)N1CCc2nc(N(C)CCc3ccncc3)[nH]c(=O)c2CC1. The highest BCUT2D eigenvalue weighted by Gasteiger charge is 2.21. The van der Waals surface area contributed by atoms with Crippen molar-refractivity contribution >= 4 is 11.9 Å². The lowest BCUT2D eigenvalue weighted by atomic mass is 10.1. The van der Waals surface area contributed by atoms with Gasteiger partial charge in [0.25, 0.3) is 5.56 Å². The van der Waals surface area contributed by atoms with Gasteiger partial charge in [-0.1, -0.05) is 6.92 Å². The number of fused-ring (bicyclic) bond motifs is 1. The Morgan fingerprint density at radius 2 is 2.00 bits per heavy atom. The summed E-state index contributed by atoms with van der Waals surface area (Å²) in [5.41, 5.74) is 2.62. The van der Waals surface area contributed by atoms with Gasteiger partial charge in [-0.15, -0.1) is 0 Å². The first kappa shape index (κ1) is 18.1. The van der Waals surface area contributed by atoms with Crippen LogP contribution in [0, 0.1) is 0 Å². The Bertz CT molecular complexity index is 818. The minimum Gasteiger partial charge on any atom is -0.345 e. The maximum atomic E-state index is 12.5. The summed E-state index contributed by atoms with van der Waals surface area (Å²) in [6, 6.07) is 3.97. The number of carbonyl (C=O) groups excluding carboxylic acids is 1. The molecule has 0 saturated carbocycles. The lowest BCUT2D eigenvalue weighted by Gasteiger charge is -2.19. The lowest BCUT2D eigenvalue weighted by Crippen LogP contribution is -2.32. The molecule has 138 valence electrons. The summed E-state index contributed by atoms with van der Waals surface area (Å²) in [4.78, 5) is 39.9. The molecular formula is C19H25N5O2. The van der Waals surface area contributed by atoms with Crippen molar-refractivity contribution in [1.29, 1.82) is 0 Å². The molecule has 0 aliphatic carbocycles. The fourth-order valence-electron chi connectivity index (χ4n) is 3.20. The lowest BCUT2D eigenvalue weighted by molar-refractivity contribution is -0.130. The van der Waals surface area contributed by atoms with E-state index in [0.29, 0.717) is 43.9 Å². The number of nitrogens with one attached hydrogen (secondary N) is 1. The van der Waals surface area contributed by atoms with E-state index in [9.17, 15) is 9.59 Å². The van der Waals surface area contributed by atoms with Crippen LogP contribution in [0.15, 0.2) is 29.3 Å². The number of hydrogen-bond acceptors (Lipinski definition) is 5. The highest BCUT2D eigenvalue weighted by atomic mass is 16.2. The highest BCUT2D eigenvalue weighted by Crippen LogP contribution is 2.14. The molecule has 1 amide bonds. The van der Waals surface area contributed by atoms with E-state index in [1.807, 2.05) is 35.9 Å². The van der Waals surface area contributed by atoms with Crippen molar-refractivity contribution in [2.75, 3.05) is 31.6 Å². The van der Waals surface area contributed by atoms with Gasteiger partial charge in [-0.3, -0.25) is 19.6 Å². The maximum Gasteiger partial charge on any atom is 0.255 e. The van der Waals surface area contributed by atoms with Crippen LogP contribution in [0.25, 0.3) is 0 Å². The van der Waals surface area contributed by atoms with Gasteiger partial charge in [0.05, 0.1) is 5.69 Å². The number of likely N-dealkylation sites (N-methyl/N-ethyl adjacent to an activating group) is 1. The summed E-state index contributed by atoms with van der Waals surface area (Å²) in [6.45, 7) is 3.81. The van der Waals surface area contributed by atoms with Gasteiger partial charge >= 0.3 is 0 Å². The van der Waals surface area contributed by atoms with E-state index >= 15 is 0 Å². The third kappa shape index (κ3) is 4.09. The second-order valence-corrected chi connectivity index (χ2v) is 6.58. The van der Waals surface area contributed by atoms with E-state index in [-0.39, 0.29) is 11.5 Å². The van der Waals surface area contributed by atoms with Crippen LogP contribution in [-0.4, -0.2) is 52.4 Å². The quantitative estimate of drug-likeness (QED) is 0.871. The number of carbonyl (C=O) groups is 1. The molecule has 3 rings (SSSR count). The Balaban J connectivity index is 1.73. The molecule has 0 bridgehead atoms. The zero-order valence-corrected chi connectivity index (χ0v) is 15.4. The number of aromatic nitrogens is 3. The van der Waals surface area contributed by atoms with Crippen LogP contribution in [0.3, 0.4) is 0 Å². The van der Waals surface area contributed by atoms with Gasteiger partial charge in [0.2, 0.25) is 11.9 Å². The van der Waals surface area contributed by atoms with Gasteiger partial charge in [0, 0.05) is 57.5 Å². The molecule has 2 aromatic rings. The molecule has 7 nitrogen and oxygen atoms in total. The smallest absolute Gasteiger partial charge is 0.255 e. The minimum atomic E-state index is -0.0911. The summed E-state index contributed by atoms with van der Waals surface area (Å²) in [5.74, 6) is 0.710. The average Bonchev–Trinajstić information content (AvgIpc) is 2.89.